The van der Waals surface area contributed by atoms with Crippen LogP contribution in [0.3, 0.4) is 0 Å². The second-order valence-electron chi connectivity index (χ2n) is 2.42. The molecule has 76 valence electrons. The van der Waals surface area contributed by atoms with Gasteiger partial charge in [0.05, 0.1) is 5.97 Å². The van der Waals surface area contributed by atoms with Crippen molar-refractivity contribution in [1.29, 1.82) is 0 Å². The molecule has 0 saturated heterocycles. The number of carboxylic acid groups (broad SMARTS) is 3. The molecule has 1 N–H and O–H groups in total. The van der Waals surface area contributed by atoms with Gasteiger partial charge in [-0.2, -0.15) is 0 Å². The van der Waals surface area contributed by atoms with Crippen molar-refractivity contribution in [1.82, 2.24) is 0 Å². The molecule has 0 spiro atoms. The van der Waals surface area contributed by atoms with E-state index in [1.165, 1.54) is 0 Å². The van der Waals surface area contributed by atoms with Gasteiger partial charge in [0.25, 0.3) is 0 Å². The quantitative estimate of drug-likeness (QED) is 0.456. The Morgan fingerprint density at radius 3 is 1.43 bits per heavy atom. The Kier molecular flexibility index (Phi) is 6.64. The number of hydrogen-bond donors (Lipinski definition) is 1. The Morgan fingerprint density at radius 1 is 1.00 bits per heavy atom. The summed E-state index contributed by atoms with van der Waals surface area (Å²) in [5.41, 5.74) is -2.97. The Bertz CT molecular complexity index is 233. The van der Waals surface area contributed by atoms with Gasteiger partial charge < -0.3 is 34.8 Å². The van der Waals surface area contributed by atoms with Crippen molar-refractivity contribution in [2.45, 2.75) is 18.4 Å². The van der Waals surface area contributed by atoms with Crippen molar-refractivity contribution in [3.63, 3.8) is 0 Å². The Hall–Kier alpha value is -0.708. The molecular formula is C6H6O7Pb. The van der Waals surface area contributed by atoms with Gasteiger partial charge in [-0.1, -0.05) is 0 Å². The Labute approximate surface area is 98.5 Å². The van der Waals surface area contributed by atoms with Crippen molar-refractivity contribution in [2.75, 3.05) is 0 Å². The standard InChI is InChI=1S/C6H8O7.Pb.H/c7-3(8)1-6(13,5(11)12)2-4(9)10;;/h13H,1-2H2,(H,7,8)(H,9,10)(H,11,12);;/q;+3;/p-3. The zero-order valence-electron chi connectivity index (χ0n) is 6.89. The van der Waals surface area contributed by atoms with E-state index in [0.29, 0.717) is 0 Å². The monoisotopic (exact) mass is 398 g/mol. The third-order valence-electron chi connectivity index (χ3n) is 1.25. The molecule has 0 aromatic heterocycles. The normalized spacial score (nSPS) is 10.1. The van der Waals surface area contributed by atoms with Crippen molar-refractivity contribution < 1.29 is 34.8 Å². The molecule has 0 unspecified atom stereocenters. The number of carboxylic acids is 3. The molecule has 0 atom stereocenters. The zero-order valence-corrected chi connectivity index (χ0v) is 11.4. The minimum atomic E-state index is -2.97. The van der Waals surface area contributed by atoms with Crippen LogP contribution in [-0.2, 0) is 14.4 Å². The van der Waals surface area contributed by atoms with Crippen molar-refractivity contribution in [3.05, 3.63) is 0 Å². The average Bonchev–Trinajstić information content (AvgIpc) is 1.82. The van der Waals surface area contributed by atoms with Crippen molar-refractivity contribution in [3.8, 4) is 0 Å². The first-order valence-electron chi connectivity index (χ1n) is 3.11. The fraction of sp³-hybridized carbons (Fsp3) is 0.500. The molecule has 0 radical (unpaired) electrons. The zero-order chi connectivity index (χ0) is 10.6. The van der Waals surface area contributed by atoms with E-state index in [0.717, 1.165) is 0 Å². The minimum absolute atomic E-state index is 0. The van der Waals surface area contributed by atoms with Crippen LogP contribution in [0.1, 0.15) is 12.8 Å². The van der Waals surface area contributed by atoms with Crippen LogP contribution in [0.4, 0.5) is 0 Å². The van der Waals surface area contributed by atoms with E-state index >= 15 is 0 Å². The maximum absolute atomic E-state index is 10.1. The summed E-state index contributed by atoms with van der Waals surface area (Å²) in [4.78, 5) is 30.0. The SMILES string of the molecule is O=C([O-])CC(O)(CC(=O)[O-])C(=O)[O-].[PbH+3]. The van der Waals surface area contributed by atoms with E-state index < -0.39 is 36.4 Å². The molecule has 7 nitrogen and oxygen atoms in total. The van der Waals surface area contributed by atoms with Crippen LogP contribution >= 0.6 is 0 Å². The van der Waals surface area contributed by atoms with Crippen LogP contribution in [0.25, 0.3) is 0 Å². The summed E-state index contributed by atoms with van der Waals surface area (Å²) in [5.74, 6) is -5.98. The van der Waals surface area contributed by atoms with Gasteiger partial charge in [-0.05, 0) is 0 Å². The second kappa shape index (κ2) is 5.91. The molecular weight excluding hydrogens is 391 g/mol. The topological polar surface area (TPSA) is 141 Å². The van der Waals surface area contributed by atoms with Gasteiger partial charge in [0.2, 0.25) is 0 Å². The predicted molar refractivity (Wildman–Crippen MR) is 36.4 cm³/mol. The van der Waals surface area contributed by atoms with Gasteiger partial charge >= 0.3 is 27.3 Å². The summed E-state index contributed by atoms with van der Waals surface area (Å²) in [6, 6.07) is 0. The van der Waals surface area contributed by atoms with Crippen LogP contribution in [-0.4, -0.2) is 55.9 Å². The van der Waals surface area contributed by atoms with Crippen LogP contribution in [0, 0.1) is 0 Å². The van der Waals surface area contributed by atoms with Crippen molar-refractivity contribution in [2.24, 2.45) is 0 Å². The third kappa shape index (κ3) is 5.12. The second-order valence-corrected chi connectivity index (χ2v) is 2.42. The first-order valence-corrected chi connectivity index (χ1v) is 3.11. The summed E-state index contributed by atoms with van der Waals surface area (Å²) in [5, 5.41) is 38.9. The average molecular weight is 397 g/mol. The molecule has 8 heteroatoms. The molecule has 0 amide bonds. The fourth-order valence-electron chi connectivity index (χ4n) is 0.684. The molecule has 14 heavy (non-hydrogen) atoms. The van der Waals surface area contributed by atoms with Gasteiger partial charge in [-0.3, -0.25) is 0 Å². The predicted octanol–water partition coefficient (Wildman–Crippen LogP) is -5.90. The number of rotatable bonds is 5. The van der Waals surface area contributed by atoms with E-state index in [1.807, 2.05) is 0 Å². The molecule has 0 fully saturated rings. The molecule has 0 saturated carbocycles. The molecule has 0 aromatic rings. The Morgan fingerprint density at radius 2 is 1.29 bits per heavy atom. The van der Waals surface area contributed by atoms with Gasteiger partial charge in [-0.25, -0.2) is 0 Å². The molecule has 0 aliphatic carbocycles. The van der Waals surface area contributed by atoms with Gasteiger partial charge in [0, 0.05) is 24.8 Å². The van der Waals surface area contributed by atoms with Crippen LogP contribution in [0.2, 0.25) is 0 Å². The summed E-state index contributed by atoms with van der Waals surface area (Å²) in [7, 11) is 0. The van der Waals surface area contributed by atoms with Gasteiger partial charge in [0.1, 0.15) is 5.60 Å². The molecule has 0 rings (SSSR count). The number of aliphatic carboxylic acids is 3. The van der Waals surface area contributed by atoms with E-state index in [1.54, 1.807) is 0 Å². The molecule has 0 aliphatic heterocycles. The molecule has 0 bridgehead atoms. The first-order chi connectivity index (χ1) is 5.78. The molecule has 0 aliphatic rings. The number of carbonyl (C=O) groups excluding carboxylic acids is 3. The van der Waals surface area contributed by atoms with E-state index in [-0.39, 0.29) is 27.3 Å². The van der Waals surface area contributed by atoms with Crippen LogP contribution in [0.5, 0.6) is 0 Å². The van der Waals surface area contributed by atoms with E-state index in [9.17, 15) is 29.7 Å². The summed E-state index contributed by atoms with van der Waals surface area (Å²) < 4.78 is 0. The van der Waals surface area contributed by atoms with E-state index in [4.69, 9.17) is 5.11 Å². The van der Waals surface area contributed by atoms with E-state index in [2.05, 4.69) is 0 Å². The molecule has 0 heterocycles. The third-order valence-corrected chi connectivity index (χ3v) is 1.25. The van der Waals surface area contributed by atoms with Gasteiger partial charge in [0.15, 0.2) is 0 Å². The number of carbonyl (C=O) groups is 3. The van der Waals surface area contributed by atoms with Crippen LogP contribution in [0.15, 0.2) is 0 Å². The summed E-state index contributed by atoms with van der Waals surface area (Å²) in [6.07, 6.45) is -2.72. The maximum atomic E-state index is 10.1. The molecule has 0 aromatic carbocycles. The van der Waals surface area contributed by atoms with Crippen molar-refractivity contribution >= 4 is 45.2 Å². The Balaban J connectivity index is 0. The fourth-order valence-corrected chi connectivity index (χ4v) is 0.684. The first kappa shape index (κ1) is 15.8. The number of hydrogen-bond acceptors (Lipinski definition) is 7. The number of aliphatic hydroxyl groups is 1. The van der Waals surface area contributed by atoms with Crippen LogP contribution < -0.4 is 15.3 Å². The summed E-state index contributed by atoms with van der Waals surface area (Å²) in [6.45, 7) is 0. The summed E-state index contributed by atoms with van der Waals surface area (Å²) >= 11 is 0. The van der Waals surface area contributed by atoms with Gasteiger partial charge in [-0.15, -0.1) is 0 Å².